The molecule has 3 aromatic rings. The number of hydrogen-bond donors (Lipinski definition) is 1. The number of aliphatic carboxylic acids is 1. The molecule has 204 valence electrons. The third-order valence-corrected chi connectivity index (χ3v) is 5.66. The molecule has 8 heteroatoms. The number of nitrogens with zero attached hydrogens (tertiary/aromatic N) is 1. The fraction of sp³-hybridized carbons (Fsp3) is 0.258. The first-order chi connectivity index (χ1) is 18.4. The molecule has 0 heterocycles. The summed E-state index contributed by atoms with van der Waals surface area (Å²) in [7, 11) is 3.85. The van der Waals surface area contributed by atoms with Crippen LogP contribution in [0.1, 0.15) is 34.7 Å². The van der Waals surface area contributed by atoms with Crippen LogP contribution in [0.2, 0.25) is 0 Å². The highest BCUT2D eigenvalue weighted by Gasteiger charge is 2.30. The minimum Gasteiger partial charge on any atom is -0.489 e. The summed E-state index contributed by atoms with van der Waals surface area (Å²) in [5.41, 5.74) is 2.46. The Bertz CT molecular complexity index is 1380. The highest BCUT2D eigenvalue weighted by atomic mass is 19.4. The van der Waals surface area contributed by atoms with Gasteiger partial charge in [0, 0.05) is 5.56 Å². The molecule has 0 saturated carbocycles. The van der Waals surface area contributed by atoms with Crippen molar-refractivity contribution in [2.45, 2.75) is 26.1 Å². The Morgan fingerprint density at radius 3 is 2.38 bits per heavy atom. The molecule has 1 atom stereocenters. The molecular formula is C31H30F3NO4. The van der Waals surface area contributed by atoms with Crippen LogP contribution >= 0.6 is 0 Å². The van der Waals surface area contributed by atoms with Crippen LogP contribution in [-0.2, 0) is 11.0 Å². The van der Waals surface area contributed by atoms with Crippen LogP contribution in [0.5, 0.6) is 11.5 Å². The maximum atomic E-state index is 13.4. The first kappa shape index (κ1) is 29.3. The average Bonchev–Trinajstić information content (AvgIpc) is 2.88. The number of carboxylic acids is 1. The molecule has 3 aromatic carbocycles. The van der Waals surface area contributed by atoms with Crippen molar-refractivity contribution in [1.82, 2.24) is 4.90 Å². The number of rotatable bonds is 9. The van der Waals surface area contributed by atoms with E-state index in [9.17, 15) is 18.0 Å². The van der Waals surface area contributed by atoms with Crippen LogP contribution in [-0.4, -0.2) is 49.3 Å². The Morgan fingerprint density at radius 2 is 1.77 bits per heavy atom. The molecule has 5 nitrogen and oxygen atoms in total. The Morgan fingerprint density at radius 1 is 1.05 bits per heavy atom. The van der Waals surface area contributed by atoms with Crippen molar-refractivity contribution in [2.75, 3.05) is 27.2 Å². The topological polar surface area (TPSA) is 59.0 Å². The van der Waals surface area contributed by atoms with Crippen LogP contribution in [0.4, 0.5) is 13.2 Å². The largest absolute Gasteiger partial charge is 0.489 e. The second kappa shape index (κ2) is 13.0. The molecule has 0 aromatic heterocycles. The van der Waals surface area contributed by atoms with E-state index in [0.717, 1.165) is 23.3 Å². The van der Waals surface area contributed by atoms with Gasteiger partial charge in [0.2, 0.25) is 0 Å². The highest BCUT2D eigenvalue weighted by Crippen LogP contribution is 2.33. The minimum atomic E-state index is -4.47. The Kier molecular flexibility index (Phi) is 9.80. The Balaban J connectivity index is 1.87. The van der Waals surface area contributed by atoms with Crippen molar-refractivity contribution in [2.24, 2.45) is 0 Å². The summed E-state index contributed by atoms with van der Waals surface area (Å²) < 4.78 is 51.6. The monoisotopic (exact) mass is 537 g/mol. The van der Waals surface area contributed by atoms with Gasteiger partial charge in [-0.3, -0.25) is 4.90 Å². The summed E-state index contributed by atoms with van der Waals surface area (Å²) in [5, 5.41) is 9.05. The van der Waals surface area contributed by atoms with Gasteiger partial charge in [0.25, 0.3) is 0 Å². The maximum absolute atomic E-state index is 13.4. The zero-order valence-corrected chi connectivity index (χ0v) is 22.2. The van der Waals surface area contributed by atoms with Crippen LogP contribution in [0.15, 0.2) is 72.8 Å². The fourth-order valence-corrected chi connectivity index (χ4v) is 3.60. The van der Waals surface area contributed by atoms with Crippen LogP contribution in [0.25, 0.3) is 5.57 Å². The number of alkyl halides is 3. The van der Waals surface area contributed by atoms with Gasteiger partial charge in [-0.05, 0) is 98.7 Å². The summed E-state index contributed by atoms with van der Waals surface area (Å²) in [6, 6.07) is 17.5. The summed E-state index contributed by atoms with van der Waals surface area (Å²) in [5.74, 6) is 5.99. The Hall–Kier alpha value is -4.22. The SMILES string of the molecule is Cc1cc(OC/C=C(\c2ccc(C#CCN(C)C)cc2)c2cccc(C(F)(F)F)c2)ccc1OC(C)C(=O)O. The van der Waals surface area contributed by atoms with Crippen molar-refractivity contribution >= 4 is 11.5 Å². The van der Waals surface area contributed by atoms with E-state index in [1.54, 1.807) is 37.3 Å². The quantitative estimate of drug-likeness (QED) is 0.325. The predicted molar refractivity (Wildman–Crippen MR) is 145 cm³/mol. The normalized spacial score (nSPS) is 12.5. The highest BCUT2D eigenvalue weighted by molar-refractivity contribution is 5.80. The van der Waals surface area contributed by atoms with E-state index in [2.05, 4.69) is 11.8 Å². The molecule has 0 saturated heterocycles. The van der Waals surface area contributed by atoms with Crippen molar-refractivity contribution in [3.8, 4) is 23.3 Å². The molecule has 0 aliphatic rings. The first-order valence-corrected chi connectivity index (χ1v) is 12.2. The molecule has 3 rings (SSSR count). The average molecular weight is 538 g/mol. The van der Waals surface area contributed by atoms with E-state index in [-0.39, 0.29) is 6.61 Å². The van der Waals surface area contributed by atoms with Gasteiger partial charge < -0.3 is 14.6 Å². The molecule has 1 unspecified atom stereocenters. The van der Waals surface area contributed by atoms with E-state index in [4.69, 9.17) is 14.6 Å². The number of carbonyl (C=O) groups is 1. The van der Waals surface area contributed by atoms with E-state index < -0.39 is 23.8 Å². The third kappa shape index (κ3) is 8.66. The van der Waals surface area contributed by atoms with E-state index in [1.807, 2.05) is 43.3 Å². The molecule has 0 spiro atoms. The summed E-state index contributed by atoms with van der Waals surface area (Å²) in [4.78, 5) is 13.0. The van der Waals surface area contributed by atoms with Gasteiger partial charge in [0.05, 0.1) is 12.1 Å². The number of hydrogen-bond acceptors (Lipinski definition) is 4. The lowest BCUT2D eigenvalue weighted by Gasteiger charge is -2.15. The molecule has 0 radical (unpaired) electrons. The van der Waals surface area contributed by atoms with Gasteiger partial charge in [0.15, 0.2) is 6.10 Å². The molecule has 0 bridgehead atoms. The van der Waals surface area contributed by atoms with Crippen molar-refractivity contribution in [1.29, 1.82) is 0 Å². The number of benzene rings is 3. The summed E-state index contributed by atoms with van der Waals surface area (Å²) in [6.45, 7) is 3.90. The second-order valence-electron chi connectivity index (χ2n) is 9.15. The smallest absolute Gasteiger partial charge is 0.416 e. The molecule has 0 amide bonds. The second-order valence-corrected chi connectivity index (χ2v) is 9.15. The zero-order chi connectivity index (χ0) is 28.6. The summed E-state index contributed by atoms with van der Waals surface area (Å²) >= 11 is 0. The van der Waals surface area contributed by atoms with Crippen LogP contribution in [0, 0.1) is 18.8 Å². The maximum Gasteiger partial charge on any atom is 0.416 e. The predicted octanol–water partition coefficient (Wildman–Crippen LogP) is 6.29. The summed E-state index contributed by atoms with van der Waals surface area (Å²) in [6.07, 6.45) is -3.74. The van der Waals surface area contributed by atoms with E-state index >= 15 is 0 Å². The molecule has 39 heavy (non-hydrogen) atoms. The number of aryl methyl sites for hydroxylation is 1. The standard InChI is InChI=1S/C31H30F3NO4/c1-21-19-27(14-15-29(21)39-22(2)30(36)37)38-18-16-28(25-8-5-9-26(20-25)31(32,33)34)24-12-10-23(11-13-24)7-6-17-35(3)4/h5,8-16,19-20,22H,17-18H2,1-4H3,(H,36,37)/b28-16+. The lowest BCUT2D eigenvalue weighted by Crippen LogP contribution is -2.23. The molecule has 0 fully saturated rings. The van der Waals surface area contributed by atoms with Gasteiger partial charge in [-0.15, -0.1) is 0 Å². The van der Waals surface area contributed by atoms with Crippen molar-refractivity contribution in [3.05, 3.63) is 101 Å². The lowest BCUT2D eigenvalue weighted by molar-refractivity contribution is -0.144. The molecular weight excluding hydrogens is 507 g/mol. The van der Waals surface area contributed by atoms with Gasteiger partial charge in [0.1, 0.15) is 18.1 Å². The van der Waals surface area contributed by atoms with Gasteiger partial charge in [-0.2, -0.15) is 13.2 Å². The first-order valence-electron chi connectivity index (χ1n) is 12.2. The van der Waals surface area contributed by atoms with E-state index in [0.29, 0.717) is 34.7 Å². The third-order valence-electron chi connectivity index (χ3n) is 5.66. The Labute approximate surface area is 226 Å². The zero-order valence-electron chi connectivity index (χ0n) is 22.2. The van der Waals surface area contributed by atoms with Crippen molar-refractivity contribution < 1.29 is 32.5 Å². The fourth-order valence-electron chi connectivity index (χ4n) is 3.60. The van der Waals surface area contributed by atoms with E-state index in [1.165, 1.54) is 13.0 Å². The van der Waals surface area contributed by atoms with Crippen LogP contribution in [0.3, 0.4) is 0 Å². The molecule has 0 aliphatic carbocycles. The van der Waals surface area contributed by atoms with Gasteiger partial charge >= 0.3 is 12.1 Å². The van der Waals surface area contributed by atoms with Crippen LogP contribution < -0.4 is 9.47 Å². The minimum absolute atomic E-state index is 0.0845. The molecule has 1 N–H and O–H groups in total. The van der Waals surface area contributed by atoms with Gasteiger partial charge in [-0.1, -0.05) is 36.1 Å². The number of ether oxygens (including phenoxy) is 2. The number of halogens is 3. The number of carboxylic acid groups (broad SMARTS) is 1. The molecule has 0 aliphatic heterocycles. The lowest BCUT2D eigenvalue weighted by atomic mass is 9.95. The van der Waals surface area contributed by atoms with Crippen molar-refractivity contribution in [3.63, 3.8) is 0 Å². The van der Waals surface area contributed by atoms with Gasteiger partial charge in [-0.25, -0.2) is 4.79 Å².